The molecule has 1 fully saturated rings. The van der Waals surface area contributed by atoms with Crippen LogP contribution in [0.1, 0.15) is 49.5 Å². The molecule has 0 aromatic carbocycles. The van der Waals surface area contributed by atoms with Crippen molar-refractivity contribution in [1.82, 2.24) is 9.88 Å². The van der Waals surface area contributed by atoms with Crippen molar-refractivity contribution in [2.24, 2.45) is 0 Å². The number of carbonyl (C=O) groups is 1. The second-order valence-corrected chi connectivity index (χ2v) is 5.61. The maximum Gasteiger partial charge on any atom is 0.268 e. The van der Waals surface area contributed by atoms with Crippen LogP contribution in [0.2, 0.25) is 5.02 Å². The molecule has 1 amide bonds. The SMILES string of the molecule is CCCn1cc(Cl)cc1C(=O)N[C@H]1CCCC[C@@H]1O. The number of hydrogen-bond acceptors (Lipinski definition) is 2. The Morgan fingerprint density at radius 1 is 1.53 bits per heavy atom. The van der Waals surface area contributed by atoms with Crippen LogP contribution in [0, 0.1) is 0 Å². The monoisotopic (exact) mass is 284 g/mol. The van der Waals surface area contributed by atoms with Gasteiger partial charge in [-0.15, -0.1) is 0 Å². The lowest BCUT2D eigenvalue weighted by Crippen LogP contribution is -2.45. The molecule has 2 N–H and O–H groups in total. The summed E-state index contributed by atoms with van der Waals surface area (Å²) in [7, 11) is 0. The fraction of sp³-hybridized carbons (Fsp3) is 0.643. The molecule has 1 aliphatic carbocycles. The third-order valence-electron chi connectivity index (χ3n) is 3.61. The Kier molecular flexibility index (Phi) is 4.88. The zero-order chi connectivity index (χ0) is 13.8. The Labute approximate surface area is 118 Å². The fourth-order valence-corrected chi connectivity index (χ4v) is 2.83. The van der Waals surface area contributed by atoms with Crippen LogP contribution >= 0.6 is 11.6 Å². The predicted octanol–water partition coefficient (Wildman–Crippen LogP) is 2.58. The number of hydrogen-bond donors (Lipinski definition) is 2. The number of nitrogens with one attached hydrogen (secondary N) is 1. The maximum atomic E-state index is 12.3. The zero-order valence-electron chi connectivity index (χ0n) is 11.2. The minimum atomic E-state index is -0.428. The highest BCUT2D eigenvalue weighted by molar-refractivity contribution is 6.31. The normalized spacial score (nSPS) is 23.3. The van der Waals surface area contributed by atoms with Crippen LogP contribution in [0.4, 0.5) is 0 Å². The van der Waals surface area contributed by atoms with Crippen molar-refractivity contribution in [3.63, 3.8) is 0 Å². The van der Waals surface area contributed by atoms with E-state index < -0.39 is 6.10 Å². The summed E-state index contributed by atoms with van der Waals surface area (Å²) in [5.74, 6) is -0.147. The molecule has 0 aliphatic heterocycles. The molecule has 0 spiro atoms. The van der Waals surface area contributed by atoms with Crippen molar-refractivity contribution >= 4 is 17.5 Å². The Morgan fingerprint density at radius 3 is 2.95 bits per heavy atom. The summed E-state index contributed by atoms with van der Waals surface area (Å²) in [6.07, 6.45) is 5.98. The summed E-state index contributed by atoms with van der Waals surface area (Å²) < 4.78 is 1.87. The molecule has 0 radical (unpaired) electrons. The molecule has 19 heavy (non-hydrogen) atoms. The Hall–Kier alpha value is -1.00. The van der Waals surface area contributed by atoms with Gasteiger partial charge < -0.3 is 15.0 Å². The smallest absolute Gasteiger partial charge is 0.268 e. The van der Waals surface area contributed by atoms with Crippen molar-refractivity contribution in [1.29, 1.82) is 0 Å². The van der Waals surface area contributed by atoms with E-state index in [2.05, 4.69) is 12.2 Å². The van der Waals surface area contributed by atoms with Gasteiger partial charge in [0, 0.05) is 12.7 Å². The van der Waals surface area contributed by atoms with Gasteiger partial charge in [0.05, 0.1) is 17.2 Å². The van der Waals surface area contributed by atoms with E-state index in [1.807, 2.05) is 4.57 Å². The average molecular weight is 285 g/mol. The summed E-state index contributed by atoms with van der Waals surface area (Å²) in [5, 5.41) is 13.4. The molecule has 0 bridgehead atoms. The van der Waals surface area contributed by atoms with E-state index >= 15 is 0 Å². The van der Waals surface area contributed by atoms with Crippen LogP contribution in [-0.2, 0) is 6.54 Å². The van der Waals surface area contributed by atoms with Gasteiger partial charge in [-0.05, 0) is 25.3 Å². The molecule has 106 valence electrons. The van der Waals surface area contributed by atoms with Crippen molar-refractivity contribution in [3.05, 3.63) is 23.0 Å². The van der Waals surface area contributed by atoms with Gasteiger partial charge in [-0.25, -0.2) is 0 Å². The lowest BCUT2D eigenvalue weighted by atomic mass is 9.92. The van der Waals surface area contributed by atoms with Crippen LogP contribution < -0.4 is 5.32 Å². The first kappa shape index (κ1) is 14.4. The molecule has 0 saturated heterocycles. The topological polar surface area (TPSA) is 54.3 Å². The Bertz CT molecular complexity index is 445. The van der Waals surface area contributed by atoms with Crippen LogP contribution in [0.5, 0.6) is 0 Å². The first-order valence-corrected chi connectivity index (χ1v) is 7.34. The van der Waals surface area contributed by atoms with Crippen molar-refractivity contribution in [2.45, 2.75) is 57.7 Å². The van der Waals surface area contributed by atoms with E-state index in [1.54, 1.807) is 12.3 Å². The molecular weight excluding hydrogens is 264 g/mol. The summed E-state index contributed by atoms with van der Waals surface area (Å²) in [6, 6.07) is 1.55. The van der Waals surface area contributed by atoms with Crippen LogP contribution in [0.25, 0.3) is 0 Å². The third kappa shape index (κ3) is 3.51. The number of amides is 1. The highest BCUT2D eigenvalue weighted by atomic mass is 35.5. The summed E-state index contributed by atoms with van der Waals surface area (Å²) in [5.41, 5.74) is 0.574. The van der Waals surface area contributed by atoms with Gasteiger partial charge in [0.1, 0.15) is 5.69 Å². The minimum absolute atomic E-state index is 0.134. The summed E-state index contributed by atoms with van der Waals surface area (Å²) in [4.78, 5) is 12.3. The third-order valence-corrected chi connectivity index (χ3v) is 3.81. The second-order valence-electron chi connectivity index (χ2n) is 5.17. The summed E-state index contributed by atoms with van der Waals surface area (Å²) >= 11 is 5.97. The van der Waals surface area contributed by atoms with E-state index in [0.29, 0.717) is 10.7 Å². The van der Waals surface area contributed by atoms with E-state index in [1.165, 1.54) is 0 Å². The molecule has 4 nitrogen and oxygen atoms in total. The van der Waals surface area contributed by atoms with Gasteiger partial charge in [0.15, 0.2) is 0 Å². The number of nitrogens with zero attached hydrogens (tertiary/aromatic N) is 1. The minimum Gasteiger partial charge on any atom is -0.391 e. The highest BCUT2D eigenvalue weighted by Gasteiger charge is 2.25. The Balaban J connectivity index is 2.06. The van der Waals surface area contributed by atoms with Crippen LogP contribution in [-0.4, -0.2) is 27.7 Å². The molecule has 2 atom stereocenters. The first-order valence-electron chi connectivity index (χ1n) is 6.96. The number of aliphatic hydroxyl groups is 1. The van der Waals surface area contributed by atoms with Gasteiger partial charge in [-0.2, -0.15) is 0 Å². The lowest BCUT2D eigenvalue weighted by Gasteiger charge is -2.28. The molecule has 1 heterocycles. The van der Waals surface area contributed by atoms with Gasteiger partial charge in [0.2, 0.25) is 0 Å². The van der Waals surface area contributed by atoms with Gasteiger partial charge in [0.25, 0.3) is 5.91 Å². The van der Waals surface area contributed by atoms with Gasteiger partial charge >= 0.3 is 0 Å². The lowest BCUT2D eigenvalue weighted by molar-refractivity contribution is 0.0710. The van der Waals surface area contributed by atoms with Crippen molar-refractivity contribution < 1.29 is 9.90 Å². The van der Waals surface area contributed by atoms with Crippen LogP contribution in [0.3, 0.4) is 0 Å². The van der Waals surface area contributed by atoms with Crippen molar-refractivity contribution in [3.8, 4) is 0 Å². The molecular formula is C14H21ClN2O2. The highest BCUT2D eigenvalue weighted by Crippen LogP contribution is 2.20. The number of aryl methyl sites for hydroxylation is 1. The first-order chi connectivity index (χ1) is 9.11. The molecule has 2 rings (SSSR count). The second kappa shape index (κ2) is 6.44. The van der Waals surface area contributed by atoms with E-state index in [-0.39, 0.29) is 11.9 Å². The van der Waals surface area contributed by atoms with Gasteiger partial charge in [-0.1, -0.05) is 31.4 Å². The number of halogens is 1. The molecule has 1 aromatic rings. The molecule has 0 unspecified atom stereocenters. The Morgan fingerprint density at radius 2 is 2.26 bits per heavy atom. The number of rotatable bonds is 4. The molecule has 1 aromatic heterocycles. The number of carbonyl (C=O) groups excluding carboxylic acids is 1. The van der Waals surface area contributed by atoms with E-state index in [0.717, 1.165) is 38.6 Å². The number of aliphatic hydroxyl groups excluding tert-OH is 1. The van der Waals surface area contributed by atoms with E-state index in [9.17, 15) is 9.90 Å². The van der Waals surface area contributed by atoms with Crippen LogP contribution in [0.15, 0.2) is 12.3 Å². The number of aromatic nitrogens is 1. The summed E-state index contributed by atoms with van der Waals surface area (Å²) in [6.45, 7) is 2.82. The largest absolute Gasteiger partial charge is 0.391 e. The predicted molar refractivity (Wildman–Crippen MR) is 75.5 cm³/mol. The van der Waals surface area contributed by atoms with E-state index in [4.69, 9.17) is 11.6 Å². The fourth-order valence-electron chi connectivity index (χ4n) is 2.61. The molecule has 1 aliphatic rings. The molecule has 1 saturated carbocycles. The van der Waals surface area contributed by atoms with Crippen molar-refractivity contribution in [2.75, 3.05) is 0 Å². The van der Waals surface area contributed by atoms with Gasteiger partial charge in [-0.3, -0.25) is 4.79 Å². The quantitative estimate of drug-likeness (QED) is 0.893. The maximum absolute atomic E-state index is 12.3. The standard InChI is InChI=1S/C14H21ClN2O2/c1-2-7-17-9-10(15)8-12(17)14(19)16-11-5-3-4-6-13(11)18/h8-9,11,13,18H,2-7H2,1H3,(H,16,19)/t11-,13-/m0/s1. The average Bonchev–Trinajstić information content (AvgIpc) is 2.74. The zero-order valence-corrected chi connectivity index (χ0v) is 12.0. The molecule has 5 heteroatoms.